The molecule has 2 N–H and O–H groups in total. The fourth-order valence-electron chi connectivity index (χ4n) is 1.64. The van der Waals surface area contributed by atoms with E-state index in [-0.39, 0.29) is 12.1 Å². The molecule has 0 unspecified atom stereocenters. The second-order valence-electron chi connectivity index (χ2n) is 5.02. The zero-order valence-corrected chi connectivity index (χ0v) is 9.93. The molecule has 0 aliphatic carbocycles. The lowest BCUT2D eigenvalue weighted by Gasteiger charge is -2.22. The summed E-state index contributed by atoms with van der Waals surface area (Å²) in [7, 11) is 0. The molecule has 1 heterocycles. The Bertz CT molecular complexity index is 203. The Labute approximate surface area is 91.8 Å². The Morgan fingerprint density at radius 3 is 2.73 bits per heavy atom. The van der Waals surface area contributed by atoms with Crippen molar-refractivity contribution >= 4 is 6.09 Å². The molecule has 88 valence electrons. The predicted molar refractivity (Wildman–Crippen MR) is 59.9 cm³/mol. The molecule has 0 aromatic heterocycles. The maximum absolute atomic E-state index is 11.5. The molecule has 0 saturated carbocycles. The standard InChI is InChI=1S/C11H22N2O2/c1-11(2,3)15-10(14)13-9-5-4-7-12-8-6-9/h9,12H,4-8H2,1-3H3,(H,13,14)/t9-/m1/s1. The van der Waals surface area contributed by atoms with Gasteiger partial charge in [-0.05, 0) is 53.1 Å². The minimum atomic E-state index is -0.410. The molecule has 0 aromatic rings. The number of hydrogen-bond donors (Lipinski definition) is 2. The molecule has 15 heavy (non-hydrogen) atoms. The number of carbonyl (C=O) groups is 1. The predicted octanol–water partition coefficient (Wildman–Crippen LogP) is 1.65. The van der Waals surface area contributed by atoms with Gasteiger partial charge in [0.1, 0.15) is 5.60 Å². The van der Waals surface area contributed by atoms with Crippen molar-refractivity contribution in [2.75, 3.05) is 13.1 Å². The lowest BCUT2D eigenvalue weighted by atomic mass is 10.1. The first-order chi connectivity index (χ1) is 6.97. The van der Waals surface area contributed by atoms with Gasteiger partial charge in [-0.15, -0.1) is 0 Å². The summed E-state index contributed by atoms with van der Waals surface area (Å²) < 4.78 is 5.21. The van der Waals surface area contributed by atoms with Gasteiger partial charge in [0.05, 0.1) is 0 Å². The van der Waals surface area contributed by atoms with Crippen LogP contribution in [0.5, 0.6) is 0 Å². The number of rotatable bonds is 1. The molecule has 1 amide bonds. The molecular weight excluding hydrogens is 192 g/mol. The highest BCUT2D eigenvalue weighted by atomic mass is 16.6. The van der Waals surface area contributed by atoms with E-state index in [9.17, 15) is 4.79 Å². The van der Waals surface area contributed by atoms with Crippen LogP contribution >= 0.6 is 0 Å². The van der Waals surface area contributed by atoms with E-state index >= 15 is 0 Å². The molecule has 0 radical (unpaired) electrons. The highest BCUT2D eigenvalue weighted by Gasteiger charge is 2.19. The van der Waals surface area contributed by atoms with Gasteiger partial charge in [0.25, 0.3) is 0 Å². The highest BCUT2D eigenvalue weighted by Crippen LogP contribution is 2.09. The normalized spacial score (nSPS) is 23.0. The fourth-order valence-corrected chi connectivity index (χ4v) is 1.64. The summed E-state index contributed by atoms with van der Waals surface area (Å²) in [4.78, 5) is 11.5. The van der Waals surface area contributed by atoms with Gasteiger partial charge in [-0.25, -0.2) is 4.79 Å². The van der Waals surface area contributed by atoms with Crippen molar-refractivity contribution in [3.05, 3.63) is 0 Å². The molecule has 1 aliphatic heterocycles. The van der Waals surface area contributed by atoms with Crippen LogP contribution in [0.1, 0.15) is 40.0 Å². The van der Waals surface area contributed by atoms with Crippen LogP contribution in [0.15, 0.2) is 0 Å². The number of amides is 1. The van der Waals surface area contributed by atoms with Crippen LogP contribution in [0.25, 0.3) is 0 Å². The first kappa shape index (κ1) is 12.3. The first-order valence-corrected chi connectivity index (χ1v) is 5.67. The molecule has 1 fully saturated rings. The second kappa shape index (κ2) is 5.35. The lowest BCUT2D eigenvalue weighted by molar-refractivity contribution is 0.0501. The molecule has 0 spiro atoms. The quantitative estimate of drug-likeness (QED) is 0.698. The Morgan fingerprint density at radius 1 is 1.33 bits per heavy atom. The van der Waals surface area contributed by atoms with E-state index in [2.05, 4.69) is 10.6 Å². The van der Waals surface area contributed by atoms with Crippen LogP contribution in [-0.2, 0) is 4.74 Å². The summed E-state index contributed by atoms with van der Waals surface area (Å²) in [6, 6.07) is 0.259. The molecule has 1 saturated heterocycles. The molecular formula is C11H22N2O2. The second-order valence-corrected chi connectivity index (χ2v) is 5.02. The smallest absolute Gasteiger partial charge is 0.407 e. The van der Waals surface area contributed by atoms with Crippen molar-refractivity contribution in [1.82, 2.24) is 10.6 Å². The molecule has 1 rings (SSSR count). The number of nitrogens with one attached hydrogen (secondary N) is 2. The zero-order valence-electron chi connectivity index (χ0n) is 9.93. The van der Waals surface area contributed by atoms with Gasteiger partial charge in [0, 0.05) is 6.04 Å². The fraction of sp³-hybridized carbons (Fsp3) is 0.909. The molecule has 4 heteroatoms. The van der Waals surface area contributed by atoms with E-state index in [1.54, 1.807) is 0 Å². The molecule has 0 bridgehead atoms. The van der Waals surface area contributed by atoms with Crippen molar-refractivity contribution in [3.8, 4) is 0 Å². The van der Waals surface area contributed by atoms with Crippen molar-refractivity contribution < 1.29 is 9.53 Å². The summed E-state index contributed by atoms with van der Waals surface area (Å²) in [5.74, 6) is 0. The summed E-state index contributed by atoms with van der Waals surface area (Å²) in [5, 5.41) is 6.22. The Balaban J connectivity index is 2.30. The Morgan fingerprint density at radius 2 is 2.07 bits per heavy atom. The zero-order chi connectivity index (χ0) is 11.3. The number of alkyl carbamates (subject to hydrolysis) is 1. The van der Waals surface area contributed by atoms with E-state index in [0.717, 1.165) is 32.4 Å². The average molecular weight is 214 g/mol. The van der Waals surface area contributed by atoms with E-state index in [1.165, 1.54) is 0 Å². The summed E-state index contributed by atoms with van der Waals surface area (Å²) in [6.07, 6.45) is 2.83. The van der Waals surface area contributed by atoms with Crippen molar-refractivity contribution in [3.63, 3.8) is 0 Å². The third-order valence-electron chi connectivity index (χ3n) is 2.30. The summed E-state index contributed by atoms with van der Waals surface area (Å²) >= 11 is 0. The Kier molecular flexibility index (Phi) is 4.39. The SMILES string of the molecule is CC(C)(C)OC(=O)N[C@@H]1CCCNCC1. The van der Waals surface area contributed by atoms with Gasteiger partial charge in [-0.1, -0.05) is 0 Å². The van der Waals surface area contributed by atoms with E-state index in [1.807, 2.05) is 20.8 Å². The molecule has 1 atom stereocenters. The van der Waals surface area contributed by atoms with Crippen molar-refractivity contribution in [2.24, 2.45) is 0 Å². The number of hydrogen-bond acceptors (Lipinski definition) is 3. The van der Waals surface area contributed by atoms with Crippen molar-refractivity contribution in [2.45, 2.75) is 51.7 Å². The van der Waals surface area contributed by atoms with Gasteiger partial charge in [0.2, 0.25) is 0 Å². The van der Waals surface area contributed by atoms with Gasteiger partial charge < -0.3 is 15.4 Å². The van der Waals surface area contributed by atoms with Gasteiger partial charge in [-0.3, -0.25) is 0 Å². The molecule has 0 aromatic carbocycles. The van der Waals surface area contributed by atoms with Crippen LogP contribution in [0.4, 0.5) is 4.79 Å². The van der Waals surface area contributed by atoms with Gasteiger partial charge >= 0.3 is 6.09 Å². The minimum absolute atomic E-state index is 0.259. The largest absolute Gasteiger partial charge is 0.444 e. The molecule has 1 aliphatic rings. The number of ether oxygens (including phenoxy) is 1. The summed E-state index contributed by atoms with van der Waals surface area (Å²) in [6.45, 7) is 7.65. The average Bonchev–Trinajstić information content (AvgIpc) is 2.28. The topological polar surface area (TPSA) is 50.4 Å². The van der Waals surface area contributed by atoms with E-state index < -0.39 is 5.60 Å². The Hall–Kier alpha value is -0.770. The lowest BCUT2D eigenvalue weighted by Crippen LogP contribution is -2.39. The van der Waals surface area contributed by atoms with Gasteiger partial charge in [-0.2, -0.15) is 0 Å². The summed E-state index contributed by atoms with van der Waals surface area (Å²) in [5.41, 5.74) is -0.410. The van der Waals surface area contributed by atoms with Crippen LogP contribution < -0.4 is 10.6 Å². The first-order valence-electron chi connectivity index (χ1n) is 5.67. The van der Waals surface area contributed by atoms with Crippen LogP contribution in [-0.4, -0.2) is 30.8 Å². The minimum Gasteiger partial charge on any atom is -0.444 e. The van der Waals surface area contributed by atoms with E-state index in [4.69, 9.17) is 4.74 Å². The van der Waals surface area contributed by atoms with Crippen molar-refractivity contribution in [1.29, 1.82) is 0 Å². The molecule has 4 nitrogen and oxygen atoms in total. The monoisotopic (exact) mass is 214 g/mol. The highest BCUT2D eigenvalue weighted by molar-refractivity contribution is 5.68. The maximum atomic E-state index is 11.5. The third kappa shape index (κ3) is 5.62. The maximum Gasteiger partial charge on any atom is 0.407 e. The van der Waals surface area contributed by atoms with Gasteiger partial charge in [0.15, 0.2) is 0 Å². The van der Waals surface area contributed by atoms with E-state index in [0.29, 0.717) is 0 Å². The van der Waals surface area contributed by atoms with Crippen LogP contribution in [0.3, 0.4) is 0 Å². The van der Waals surface area contributed by atoms with Crippen LogP contribution in [0, 0.1) is 0 Å². The third-order valence-corrected chi connectivity index (χ3v) is 2.30. The van der Waals surface area contributed by atoms with Crippen LogP contribution in [0.2, 0.25) is 0 Å². The number of carbonyl (C=O) groups excluding carboxylic acids is 1.